The maximum Gasteiger partial charge on any atom is 0.408 e. The predicted octanol–water partition coefficient (Wildman–Crippen LogP) is 0.230. The smallest absolute Gasteiger partial charge is 0.408 e. The SMILES string of the molecule is CC(C)(C)OC(=O)N[C@]1(C(=O)O)C[C@H]1CC(N)=O. The first kappa shape index (κ1) is 14.3. The molecule has 2 amide bonds. The van der Waals surface area contributed by atoms with E-state index < -0.39 is 35.0 Å². The molecule has 1 saturated carbocycles. The standard InChI is InChI=1S/C11H18N2O5/c1-10(2,3)18-9(17)13-11(8(15)16)5-6(11)4-7(12)14/h6H,4-5H2,1-3H3,(H2,12,14)(H,13,17)(H,15,16)/t6-,11-/m1/s1. The van der Waals surface area contributed by atoms with Crippen molar-refractivity contribution in [3.8, 4) is 0 Å². The summed E-state index contributed by atoms with van der Waals surface area (Å²) in [4.78, 5) is 33.5. The number of hydrogen-bond donors (Lipinski definition) is 3. The van der Waals surface area contributed by atoms with E-state index in [0.717, 1.165) is 0 Å². The van der Waals surface area contributed by atoms with Crippen LogP contribution in [0.5, 0.6) is 0 Å². The van der Waals surface area contributed by atoms with Crippen LogP contribution in [0.3, 0.4) is 0 Å². The number of rotatable bonds is 4. The topological polar surface area (TPSA) is 119 Å². The third-order valence-corrected chi connectivity index (χ3v) is 2.66. The minimum Gasteiger partial charge on any atom is -0.479 e. The number of ether oxygens (including phenoxy) is 1. The van der Waals surface area contributed by atoms with Crippen molar-refractivity contribution in [1.29, 1.82) is 0 Å². The molecule has 0 aromatic heterocycles. The third kappa shape index (κ3) is 3.35. The van der Waals surface area contributed by atoms with Crippen LogP contribution < -0.4 is 11.1 Å². The highest BCUT2D eigenvalue weighted by atomic mass is 16.6. The summed E-state index contributed by atoms with van der Waals surface area (Å²) in [6.45, 7) is 5.02. The summed E-state index contributed by atoms with van der Waals surface area (Å²) in [5.74, 6) is -2.24. The first-order chi connectivity index (χ1) is 8.07. The second-order valence-corrected chi connectivity index (χ2v) is 5.47. The lowest BCUT2D eigenvalue weighted by molar-refractivity contribution is -0.141. The number of carbonyl (C=O) groups excluding carboxylic acids is 2. The molecule has 0 aromatic rings. The molecule has 0 saturated heterocycles. The van der Waals surface area contributed by atoms with Crippen LogP contribution in [0.25, 0.3) is 0 Å². The maximum atomic E-state index is 11.5. The second-order valence-electron chi connectivity index (χ2n) is 5.47. The van der Waals surface area contributed by atoms with Gasteiger partial charge in [-0.3, -0.25) is 4.79 Å². The molecule has 0 heterocycles. The first-order valence-electron chi connectivity index (χ1n) is 5.60. The normalized spacial score (nSPS) is 26.3. The van der Waals surface area contributed by atoms with Crippen LogP contribution in [0, 0.1) is 5.92 Å². The van der Waals surface area contributed by atoms with Gasteiger partial charge in [0.2, 0.25) is 5.91 Å². The molecule has 1 fully saturated rings. The lowest BCUT2D eigenvalue weighted by atomic mass is 10.1. The van der Waals surface area contributed by atoms with Gasteiger partial charge in [-0.25, -0.2) is 9.59 Å². The number of nitrogens with two attached hydrogens (primary N) is 1. The third-order valence-electron chi connectivity index (χ3n) is 2.66. The van der Waals surface area contributed by atoms with Gasteiger partial charge in [0.15, 0.2) is 0 Å². The van der Waals surface area contributed by atoms with E-state index in [1.807, 2.05) is 0 Å². The monoisotopic (exact) mass is 258 g/mol. The largest absolute Gasteiger partial charge is 0.479 e. The highest BCUT2D eigenvalue weighted by Gasteiger charge is 2.62. The van der Waals surface area contributed by atoms with Crippen molar-refractivity contribution in [3.05, 3.63) is 0 Å². The van der Waals surface area contributed by atoms with Crippen LogP contribution >= 0.6 is 0 Å². The van der Waals surface area contributed by atoms with Gasteiger partial charge in [0, 0.05) is 12.3 Å². The lowest BCUT2D eigenvalue weighted by Gasteiger charge is -2.22. The molecule has 1 aliphatic carbocycles. The maximum absolute atomic E-state index is 11.5. The molecule has 1 rings (SSSR count). The van der Waals surface area contributed by atoms with Gasteiger partial charge in [-0.2, -0.15) is 0 Å². The van der Waals surface area contributed by atoms with Gasteiger partial charge in [-0.1, -0.05) is 0 Å². The van der Waals surface area contributed by atoms with Crippen LogP contribution in [0.2, 0.25) is 0 Å². The molecule has 1 aliphatic rings. The van der Waals surface area contributed by atoms with Gasteiger partial charge in [-0.15, -0.1) is 0 Å². The van der Waals surface area contributed by atoms with E-state index in [2.05, 4.69) is 5.32 Å². The molecule has 0 spiro atoms. The summed E-state index contributed by atoms with van der Waals surface area (Å²) in [5, 5.41) is 11.4. The highest BCUT2D eigenvalue weighted by Crippen LogP contribution is 2.46. The fourth-order valence-corrected chi connectivity index (χ4v) is 1.77. The molecule has 0 radical (unpaired) electrons. The van der Waals surface area contributed by atoms with E-state index in [9.17, 15) is 14.4 Å². The van der Waals surface area contributed by atoms with Crippen LogP contribution in [0.1, 0.15) is 33.6 Å². The van der Waals surface area contributed by atoms with E-state index >= 15 is 0 Å². The fraction of sp³-hybridized carbons (Fsp3) is 0.727. The van der Waals surface area contributed by atoms with Crippen LogP contribution in [0.4, 0.5) is 4.79 Å². The number of alkyl carbamates (subject to hydrolysis) is 1. The minimum absolute atomic E-state index is 0.0674. The summed E-state index contributed by atoms with van der Waals surface area (Å²) in [7, 11) is 0. The number of carboxylic acids is 1. The van der Waals surface area contributed by atoms with Crippen molar-refractivity contribution < 1.29 is 24.2 Å². The average Bonchev–Trinajstić information content (AvgIpc) is 2.74. The van der Waals surface area contributed by atoms with E-state index in [1.165, 1.54) is 0 Å². The number of carbonyl (C=O) groups is 3. The molecule has 102 valence electrons. The van der Waals surface area contributed by atoms with Gasteiger partial charge >= 0.3 is 12.1 Å². The molecule has 7 nitrogen and oxygen atoms in total. The Morgan fingerprint density at radius 1 is 1.44 bits per heavy atom. The number of aliphatic carboxylic acids is 1. The number of amides is 2. The molecular weight excluding hydrogens is 240 g/mol. The van der Waals surface area contributed by atoms with E-state index in [4.69, 9.17) is 15.6 Å². The molecule has 2 atom stereocenters. The van der Waals surface area contributed by atoms with Crippen molar-refractivity contribution >= 4 is 18.0 Å². The molecular formula is C11H18N2O5. The zero-order valence-electron chi connectivity index (χ0n) is 10.6. The molecule has 0 aromatic carbocycles. The molecule has 0 aliphatic heterocycles. The number of carboxylic acid groups (broad SMARTS) is 1. The van der Waals surface area contributed by atoms with Gasteiger partial charge in [0.1, 0.15) is 11.1 Å². The summed E-state index contributed by atoms with van der Waals surface area (Å²) in [5.41, 5.74) is 2.88. The summed E-state index contributed by atoms with van der Waals surface area (Å²) in [6.07, 6.45) is -0.691. The van der Waals surface area contributed by atoms with Crippen molar-refractivity contribution in [3.63, 3.8) is 0 Å². The Kier molecular flexibility index (Phi) is 3.54. The Morgan fingerprint density at radius 3 is 2.39 bits per heavy atom. The Labute approximate surface area is 105 Å². The van der Waals surface area contributed by atoms with Gasteiger partial charge < -0.3 is 20.9 Å². The highest BCUT2D eigenvalue weighted by molar-refractivity contribution is 5.89. The number of hydrogen-bond acceptors (Lipinski definition) is 4. The summed E-state index contributed by atoms with van der Waals surface area (Å²) < 4.78 is 4.99. The van der Waals surface area contributed by atoms with Gasteiger partial charge in [0.25, 0.3) is 0 Å². The Balaban J connectivity index is 2.65. The number of primary amides is 1. The lowest BCUT2D eigenvalue weighted by Crippen LogP contribution is -2.47. The second kappa shape index (κ2) is 4.47. The van der Waals surface area contributed by atoms with E-state index in [-0.39, 0.29) is 12.8 Å². The van der Waals surface area contributed by atoms with Gasteiger partial charge in [-0.05, 0) is 27.2 Å². The zero-order chi connectivity index (χ0) is 14.1. The molecule has 0 bridgehead atoms. The Hall–Kier alpha value is -1.79. The summed E-state index contributed by atoms with van der Waals surface area (Å²) in [6, 6.07) is 0. The summed E-state index contributed by atoms with van der Waals surface area (Å²) >= 11 is 0. The predicted molar refractivity (Wildman–Crippen MR) is 61.7 cm³/mol. The number of nitrogens with one attached hydrogen (secondary N) is 1. The first-order valence-corrected chi connectivity index (χ1v) is 5.60. The molecule has 7 heteroatoms. The quantitative estimate of drug-likeness (QED) is 0.667. The van der Waals surface area contributed by atoms with Crippen LogP contribution in [-0.4, -0.2) is 34.2 Å². The Bertz CT molecular complexity index is 387. The molecule has 18 heavy (non-hydrogen) atoms. The van der Waals surface area contributed by atoms with Crippen LogP contribution in [-0.2, 0) is 14.3 Å². The van der Waals surface area contributed by atoms with E-state index in [0.29, 0.717) is 0 Å². The van der Waals surface area contributed by atoms with Gasteiger partial charge in [0.05, 0.1) is 0 Å². The minimum atomic E-state index is -1.42. The Morgan fingerprint density at radius 2 is 2.00 bits per heavy atom. The van der Waals surface area contributed by atoms with Crippen molar-refractivity contribution in [1.82, 2.24) is 5.32 Å². The molecule has 0 unspecified atom stereocenters. The fourth-order valence-electron chi connectivity index (χ4n) is 1.77. The van der Waals surface area contributed by atoms with E-state index in [1.54, 1.807) is 20.8 Å². The van der Waals surface area contributed by atoms with Crippen molar-refractivity contribution in [2.45, 2.75) is 44.8 Å². The average molecular weight is 258 g/mol. The molecule has 4 N–H and O–H groups in total. The zero-order valence-corrected chi connectivity index (χ0v) is 10.6. The van der Waals surface area contributed by atoms with Crippen LogP contribution in [0.15, 0.2) is 0 Å². The van der Waals surface area contributed by atoms with Crippen molar-refractivity contribution in [2.75, 3.05) is 0 Å². The van der Waals surface area contributed by atoms with Crippen molar-refractivity contribution in [2.24, 2.45) is 11.7 Å².